The van der Waals surface area contributed by atoms with E-state index in [0.717, 1.165) is 0 Å². The van der Waals surface area contributed by atoms with Crippen LogP contribution in [0.3, 0.4) is 0 Å². The molecule has 0 aliphatic heterocycles. The second-order valence-electron chi connectivity index (χ2n) is 7.14. The molecule has 0 radical (unpaired) electrons. The number of nitrogens with zero attached hydrogens (tertiary/aromatic N) is 1. The minimum atomic E-state index is 1.19. The normalized spacial score (nSPS) is 10.9. The number of fused-ring (bicyclic) bond motifs is 1. The summed E-state index contributed by atoms with van der Waals surface area (Å²) in [7, 11) is 2.12. The lowest BCUT2D eigenvalue weighted by Crippen LogP contribution is -2.08. The maximum absolute atomic E-state index is 2.27. The topological polar surface area (TPSA) is 3.24 Å². The third kappa shape index (κ3) is 3.43. The number of thiophene rings is 1. The Hall–Kier alpha value is -3.36. The first-order valence-electron chi connectivity index (χ1n) is 9.77. The standard InChI is InChI=1S/C27H21NS/c1-28(22-12-3-2-4-13-22)23-14-7-11-21(19-23)26-17-18-27(29-26)25-16-8-10-20-9-5-6-15-24(20)25/h2-19H,1H3. The predicted molar refractivity (Wildman–Crippen MR) is 127 cm³/mol. The summed E-state index contributed by atoms with van der Waals surface area (Å²) in [6.45, 7) is 0. The first kappa shape index (κ1) is 17.7. The highest BCUT2D eigenvalue weighted by molar-refractivity contribution is 7.18. The quantitative estimate of drug-likeness (QED) is 0.300. The van der Waals surface area contributed by atoms with Crippen molar-refractivity contribution >= 4 is 33.5 Å². The van der Waals surface area contributed by atoms with Gasteiger partial charge < -0.3 is 4.90 Å². The summed E-state index contributed by atoms with van der Waals surface area (Å²) in [6, 6.07) is 38.9. The number of anilines is 2. The molecule has 1 heterocycles. The van der Waals surface area contributed by atoms with Crippen LogP contribution in [0.1, 0.15) is 0 Å². The highest BCUT2D eigenvalue weighted by atomic mass is 32.1. The van der Waals surface area contributed by atoms with Crippen LogP contribution >= 0.6 is 11.3 Å². The molecular formula is C27H21NS. The Bertz CT molecular complexity index is 1260. The Morgan fingerprint density at radius 1 is 0.586 bits per heavy atom. The molecule has 0 aliphatic carbocycles. The van der Waals surface area contributed by atoms with Crippen molar-refractivity contribution in [2.75, 3.05) is 11.9 Å². The van der Waals surface area contributed by atoms with Gasteiger partial charge in [0.1, 0.15) is 0 Å². The molecule has 1 aromatic heterocycles. The van der Waals surface area contributed by atoms with Gasteiger partial charge in [0.05, 0.1) is 0 Å². The Morgan fingerprint density at radius 3 is 2.17 bits per heavy atom. The molecule has 0 spiro atoms. The van der Waals surface area contributed by atoms with Gasteiger partial charge in [0.15, 0.2) is 0 Å². The van der Waals surface area contributed by atoms with Gasteiger partial charge in [-0.15, -0.1) is 11.3 Å². The Labute approximate surface area is 175 Å². The van der Waals surface area contributed by atoms with Crippen molar-refractivity contribution in [1.82, 2.24) is 0 Å². The van der Waals surface area contributed by atoms with E-state index in [2.05, 4.69) is 115 Å². The zero-order valence-corrected chi connectivity index (χ0v) is 17.1. The summed E-state index contributed by atoms with van der Waals surface area (Å²) >= 11 is 1.85. The summed E-state index contributed by atoms with van der Waals surface area (Å²) in [4.78, 5) is 4.82. The molecule has 2 heteroatoms. The number of benzene rings is 4. The van der Waals surface area contributed by atoms with Crippen LogP contribution in [-0.2, 0) is 0 Å². The van der Waals surface area contributed by atoms with Gasteiger partial charge in [0.25, 0.3) is 0 Å². The van der Waals surface area contributed by atoms with Gasteiger partial charge in [-0.05, 0) is 58.3 Å². The van der Waals surface area contributed by atoms with Crippen molar-refractivity contribution in [3.8, 4) is 20.9 Å². The van der Waals surface area contributed by atoms with Gasteiger partial charge in [0, 0.05) is 28.2 Å². The van der Waals surface area contributed by atoms with E-state index in [9.17, 15) is 0 Å². The van der Waals surface area contributed by atoms with E-state index in [1.165, 1.54) is 43.0 Å². The predicted octanol–water partition coefficient (Wildman–Crippen LogP) is 8.00. The summed E-state index contributed by atoms with van der Waals surface area (Å²) in [5.74, 6) is 0. The van der Waals surface area contributed by atoms with E-state index in [1.807, 2.05) is 17.4 Å². The molecule has 0 saturated heterocycles. The van der Waals surface area contributed by atoms with E-state index < -0.39 is 0 Å². The van der Waals surface area contributed by atoms with Crippen molar-refractivity contribution in [2.24, 2.45) is 0 Å². The lowest BCUT2D eigenvalue weighted by Gasteiger charge is -2.20. The van der Waals surface area contributed by atoms with Gasteiger partial charge in [-0.3, -0.25) is 0 Å². The van der Waals surface area contributed by atoms with E-state index in [4.69, 9.17) is 0 Å². The molecule has 0 unspecified atom stereocenters. The molecule has 4 aromatic carbocycles. The number of hydrogen-bond donors (Lipinski definition) is 0. The molecular weight excluding hydrogens is 370 g/mol. The first-order chi connectivity index (χ1) is 14.3. The van der Waals surface area contributed by atoms with Crippen molar-refractivity contribution < 1.29 is 0 Å². The zero-order chi connectivity index (χ0) is 19.6. The lowest BCUT2D eigenvalue weighted by molar-refractivity contribution is 1.21. The molecule has 0 saturated carbocycles. The number of hydrogen-bond acceptors (Lipinski definition) is 2. The van der Waals surface area contributed by atoms with E-state index in [1.54, 1.807) is 0 Å². The molecule has 0 bridgehead atoms. The van der Waals surface area contributed by atoms with Crippen LogP contribution in [0.2, 0.25) is 0 Å². The van der Waals surface area contributed by atoms with Crippen LogP contribution in [0.25, 0.3) is 31.7 Å². The summed E-state index contributed by atoms with van der Waals surface area (Å²) in [5, 5.41) is 2.59. The Morgan fingerprint density at radius 2 is 1.28 bits per heavy atom. The molecule has 29 heavy (non-hydrogen) atoms. The SMILES string of the molecule is CN(c1ccccc1)c1cccc(-c2ccc(-c3cccc4ccccc34)s2)c1. The van der Waals surface area contributed by atoms with Crippen LogP contribution in [0.15, 0.2) is 109 Å². The molecule has 0 atom stereocenters. The van der Waals surface area contributed by atoms with Crippen molar-refractivity contribution in [3.63, 3.8) is 0 Å². The van der Waals surface area contributed by atoms with Gasteiger partial charge in [-0.25, -0.2) is 0 Å². The monoisotopic (exact) mass is 391 g/mol. The molecule has 5 aromatic rings. The van der Waals surface area contributed by atoms with Crippen molar-refractivity contribution in [1.29, 1.82) is 0 Å². The smallest absolute Gasteiger partial charge is 0.0414 e. The largest absolute Gasteiger partial charge is 0.345 e. The second kappa shape index (κ2) is 7.57. The van der Waals surface area contributed by atoms with Gasteiger partial charge in [-0.1, -0.05) is 72.8 Å². The van der Waals surface area contributed by atoms with Crippen LogP contribution in [-0.4, -0.2) is 7.05 Å². The Balaban J connectivity index is 1.51. The first-order valence-corrected chi connectivity index (χ1v) is 10.6. The molecule has 0 amide bonds. The van der Waals surface area contributed by atoms with Crippen LogP contribution < -0.4 is 4.90 Å². The van der Waals surface area contributed by atoms with Crippen LogP contribution in [0.4, 0.5) is 11.4 Å². The fraction of sp³-hybridized carbons (Fsp3) is 0.0370. The minimum Gasteiger partial charge on any atom is -0.345 e. The van der Waals surface area contributed by atoms with Crippen molar-refractivity contribution in [2.45, 2.75) is 0 Å². The average Bonchev–Trinajstić information content (AvgIpc) is 3.29. The van der Waals surface area contributed by atoms with E-state index in [0.29, 0.717) is 0 Å². The summed E-state index contributed by atoms with van der Waals surface area (Å²) in [6.07, 6.45) is 0. The zero-order valence-electron chi connectivity index (χ0n) is 16.2. The minimum absolute atomic E-state index is 1.19. The molecule has 0 N–H and O–H groups in total. The second-order valence-corrected chi connectivity index (χ2v) is 8.22. The van der Waals surface area contributed by atoms with Crippen LogP contribution in [0.5, 0.6) is 0 Å². The van der Waals surface area contributed by atoms with Crippen molar-refractivity contribution in [3.05, 3.63) is 109 Å². The molecule has 5 rings (SSSR count). The molecule has 140 valence electrons. The highest BCUT2D eigenvalue weighted by Gasteiger charge is 2.10. The number of rotatable bonds is 4. The molecule has 0 aliphatic rings. The van der Waals surface area contributed by atoms with E-state index in [-0.39, 0.29) is 0 Å². The molecule has 1 nitrogen and oxygen atoms in total. The molecule has 0 fully saturated rings. The maximum atomic E-state index is 2.27. The van der Waals surface area contributed by atoms with Gasteiger partial charge in [-0.2, -0.15) is 0 Å². The third-order valence-corrected chi connectivity index (χ3v) is 6.49. The van der Waals surface area contributed by atoms with Gasteiger partial charge in [0.2, 0.25) is 0 Å². The van der Waals surface area contributed by atoms with E-state index >= 15 is 0 Å². The lowest BCUT2D eigenvalue weighted by atomic mass is 10.0. The summed E-state index contributed by atoms with van der Waals surface area (Å²) < 4.78 is 0. The Kier molecular flexibility index (Phi) is 4.63. The highest BCUT2D eigenvalue weighted by Crippen LogP contribution is 2.38. The van der Waals surface area contributed by atoms with Gasteiger partial charge >= 0.3 is 0 Å². The fourth-order valence-electron chi connectivity index (χ4n) is 3.75. The summed E-state index contributed by atoms with van der Waals surface area (Å²) in [5.41, 5.74) is 4.93. The maximum Gasteiger partial charge on any atom is 0.0414 e. The van der Waals surface area contributed by atoms with Crippen LogP contribution in [0, 0.1) is 0 Å². The average molecular weight is 392 g/mol. The third-order valence-electron chi connectivity index (χ3n) is 5.32. The number of para-hydroxylation sites is 1. The fourth-order valence-corrected chi connectivity index (χ4v) is 4.79.